The molecule has 2 N–H and O–H groups in total. The Labute approximate surface area is 129 Å². The molecule has 0 radical (unpaired) electrons. The normalized spacial score (nSPS) is 11.9. The molecule has 0 bridgehead atoms. The summed E-state index contributed by atoms with van der Waals surface area (Å²) in [4.78, 5) is 1.97. The van der Waals surface area contributed by atoms with E-state index in [4.69, 9.17) is 0 Å². The van der Waals surface area contributed by atoms with E-state index >= 15 is 0 Å². The molecule has 0 unspecified atom stereocenters. The average Bonchev–Trinajstić information content (AvgIpc) is 2.97. The molecule has 0 aliphatic heterocycles. The minimum absolute atomic E-state index is 0.305. The van der Waals surface area contributed by atoms with E-state index < -0.39 is 10.0 Å². The van der Waals surface area contributed by atoms with Crippen LogP contribution in [0.4, 0.5) is 0 Å². The van der Waals surface area contributed by atoms with Gasteiger partial charge in [-0.2, -0.15) is 0 Å². The number of halogens is 1. The summed E-state index contributed by atoms with van der Waals surface area (Å²) < 4.78 is 28.2. The van der Waals surface area contributed by atoms with Crippen LogP contribution in [-0.4, -0.2) is 15.5 Å². The summed E-state index contributed by atoms with van der Waals surface area (Å²) in [7, 11) is -1.59. The van der Waals surface area contributed by atoms with Crippen molar-refractivity contribution in [1.82, 2.24) is 10.0 Å². The van der Waals surface area contributed by atoms with Gasteiger partial charge < -0.3 is 5.32 Å². The average molecular weight is 381 g/mol. The number of rotatable bonds is 6. The fraction of sp³-hybridized carbons (Fsp3) is 0.273. The van der Waals surface area contributed by atoms with Crippen LogP contribution in [0, 0.1) is 0 Å². The molecule has 4 nitrogen and oxygen atoms in total. The van der Waals surface area contributed by atoms with E-state index in [0.29, 0.717) is 17.3 Å². The largest absolute Gasteiger partial charge is 0.315 e. The van der Waals surface area contributed by atoms with Gasteiger partial charge >= 0.3 is 0 Å². The lowest BCUT2D eigenvalue weighted by atomic mass is 10.5. The maximum Gasteiger partial charge on any atom is 0.250 e. The molecule has 2 aromatic rings. The van der Waals surface area contributed by atoms with Crippen molar-refractivity contribution in [2.45, 2.75) is 17.3 Å². The summed E-state index contributed by atoms with van der Waals surface area (Å²) in [6, 6.07) is 5.38. The van der Waals surface area contributed by atoms with Gasteiger partial charge in [-0.1, -0.05) is 0 Å². The van der Waals surface area contributed by atoms with Crippen molar-refractivity contribution in [3.8, 4) is 0 Å². The molecule has 0 saturated heterocycles. The Hall–Kier alpha value is -0.250. The molecule has 0 aliphatic rings. The van der Waals surface area contributed by atoms with Gasteiger partial charge in [0.05, 0.1) is 0 Å². The molecule has 104 valence electrons. The first-order chi connectivity index (χ1) is 9.03. The molecule has 8 heteroatoms. The van der Waals surface area contributed by atoms with Gasteiger partial charge in [-0.15, -0.1) is 22.7 Å². The molecular weight excluding hydrogens is 368 g/mol. The lowest BCUT2D eigenvalue weighted by molar-refractivity contribution is 0.584. The third-order valence-electron chi connectivity index (χ3n) is 2.37. The van der Waals surface area contributed by atoms with E-state index in [-0.39, 0.29) is 0 Å². The first-order valence-electron chi connectivity index (χ1n) is 5.48. The number of thiophene rings is 2. The second-order valence-electron chi connectivity index (χ2n) is 3.77. The summed E-state index contributed by atoms with van der Waals surface area (Å²) >= 11 is 6.19. The lowest BCUT2D eigenvalue weighted by Gasteiger charge is -2.03. The SMILES string of the molecule is CNCc1ccc(S(=O)(=O)NCc2sccc2Br)s1. The smallest absolute Gasteiger partial charge is 0.250 e. The summed E-state index contributed by atoms with van der Waals surface area (Å²) in [6.07, 6.45) is 0. The maximum atomic E-state index is 12.1. The topological polar surface area (TPSA) is 58.2 Å². The zero-order valence-corrected chi connectivity index (χ0v) is 14.2. The van der Waals surface area contributed by atoms with E-state index in [1.54, 1.807) is 6.07 Å². The van der Waals surface area contributed by atoms with Crippen molar-refractivity contribution in [1.29, 1.82) is 0 Å². The third kappa shape index (κ3) is 3.87. The van der Waals surface area contributed by atoms with Gasteiger partial charge in [0.1, 0.15) is 4.21 Å². The van der Waals surface area contributed by atoms with Crippen LogP contribution in [0.3, 0.4) is 0 Å². The first-order valence-corrected chi connectivity index (χ1v) is 9.45. The fourth-order valence-corrected chi connectivity index (χ4v) is 5.39. The molecule has 19 heavy (non-hydrogen) atoms. The summed E-state index contributed by atoms with van der Waals surface area (Å²) in [6.45, 7) is 0.983. The second kappa shape index (κ2) is 6.47. The molecule has 0 fully saturated rings. The molecule has 0 atom stereocenters. The molecular formula is C11H13BrN2O2S3. The van der Waals surface area contributed by atoms with Crippen LogP contribution in [0.1, 0.15) is 9.75 Å². The molecule has 0 saturated carbocycles. The Morgan fingerprint density at radius 1 is 1.26 bits per heavy atom. The van der Waals surface area contributed by atoms with Crippen LogP contribution in [0.25, 0.3) is 0 Å². The van der Waals surface area contributed by atoms with Crippen LogP contribution in [-0.2, 0) is 23.1 Å². The highest BCUT2D eigenvalue weighted by Crippen LogP contribution is 2.24. The van der Waals surface area contributed by atoms with Crippen molar-refractivity contribution in [3.63, 3.8) is 0 Å². The van der Waals surface area contributed by atoms with Gasteiger partial charge in [-0.3, -0.25) is 0 Å². The number of hydrogen-bond acceptors (Lipinski definition) is 5. The van der Waals surface area contributed by atoms with Crippen molar-refractivity contribution < 1.29 is 8.42 Å². The highest BCUT2D eigenvalue weighted by atomic mass is 79.9. The maximum absolute atomic E-state index is 12.1. The van der Waals surface area contributed by atoms with Crippen LogP contribution >= 0.6 is 38.6 Å². The zero-order valence-electron chi connectivity index (χ0n) is 10.1. The van der Waals surface area contributed by atoms with E-state index in [1.165, 1.54) is 22.7 Å². The molecule has 0 amide bonds. The minimum Gasteiger partial charge on any atom is -0.315 e. The van der Waals surface area contributed by atoms with Gasteiger partial charge in [0, 0.05) is 27.3 Å². The number of nitrogens with one attached hydrogen (secondary N) is 2. The van der Waals surface area contributed by atoms with E-state index in [1.807, 2.05) is 24.6 Å². The van der Waals surface area contributed by atoms with E-state index in [2.05, 4.69) is 26.0 Å². The predicted octanol–water partition coefficient (Wildman–Crippen LogP) is 2.77. The van der Waals surface area contributed by atoms with Crippen LogP contribution in [0.15, 0.2) is 32.3 Å². The highest BCUT2D eigenvalue weighted by Gasteiger charge is 2.17. The van der Waals surface area contributed by atoms with Crippen molar-refractivity contribution >= 4 is 48.6 Å². The molecule has 2 heterocycles. The molecule has 0 aromatic carbocycles. The Kier molecular flexibility index (Phi) is 5.15. The third-order valence-corrected chi connectivity index (χ3v) is 7.27. The zero-order chi connectivity index (χ0) is 13.9. The first kappa shape index (κ1) is 15.1. The van der Waals surface area contributed by atoms with Gasteiger partial charge in [0.2, 0.25) is 10.0 Å². The lowest BCUT2D eigenvalue weighted by Crippen LogP contribution is -2.22. The Bertz CT molecular complexity index is 648. The van der Waals surface area contributed by atoms with Crippen LogP contribution in [0.2, 0.25) is 0 Å². The fourth-order valence-electron chi connectivity index (χ4n) is 1.45. The highest BCUT2D eigenvalue weighted by molar-refractivity contribution is 9.10. The quantitative estimate of drug-likeness (QED) is 0.809. The Morgan fingerprint density at radius 2 is 2.05 bits per heavy atom. The minimum atomic E-state index is -3.42. The standard InChI is InChI=1S/C11H13BrN2O2S3/c1-13-6-8-2-3-11(18-8)19(15,16)14-7-10-9(12)4-5-17-10/h2-5,13-14H,6-7H2,1H3. The molecule has 2 aromatic heterocycles. The van der Waals surface area contributed by atoms with Crippen molar-refractivity contribution in [2.75, 3.05) is 7.05 Å². The predicted molar refractivity (Wildman–Crippen MR) is 83.1 cm³/mol. The van der Waals surface area contributed by atoms with E-state index in [9.17, 15) is 8.42 Å². The second-order valence-corrected chi connectivity index (χ2v) is 8.78. The molecule has 0 spiro atoms. The summed E-state index contributed by atoms with van der Waals surface area (Å²) in [5, 5.41) is 4.92. The van der Waals surface area contributed by atoms with Crippen LogP contribution in [0.5, 0.6) is 0 Å². The summed E-state index contributed by atoms with van der Waals surface area (Å²) in [5.41, 5.74) is 0. The molecule has 2 rings (SSSR count). The monoisotopic (exact) mass is 380 g/mol. The number of hydrogen-bond donors (Lipinski definition) is 2. The Morgan fingerprint density at radius 3 is 2.68 bits per heavy atom. The van der Waals surface area contributed by atoms with E-state index in [0.717, 1.165) is 14.2 Å². The Balaban J connectivity index is 2.07. The summed E-state index contributed by atoms with van der Waals surface area (Å²) in [5.74, 6) is 0. The van der Waals surface area contributed by atoms with Gasteiger partial charge in [-0.25, -0.2) is 13.1 Å². The van der Waals surface area contributed by atoms with Gasteiger partial charge in [0.25, 0.3) is 0 Å². The van der Waals surface area contributed by atoms with Crippen molar-refractivity contribution in [2.24, 2.45) is 0 Å². The molecule has 0 aliphatic carbocycles. The number of sulfonamides is 1. The van der Waals surface area contributed by atoms with Crippen LogP contribution < -0.4 is 10.0 Å². The van der Waals surface area contributed by atoms with Gasteiger partial charge in [-0.05, 0) is 46.6 Å². The van der Waals surface area contributed by atoms with Crippen molar-refractivity contribution in [3.05, 3.63) is 37.8 Å². The van der Waals surface area contributed by atoms with Gasteiger partial charge in [0.15, 0.2) is 0 Å².